The maximum absolute atomic E-state index is 13.8. The van der Waals surface area contributed by atoms with Crippen LogP contribution >= 0.6 is 0 Å². The van der Waals surface area contributed by atoms with Crippen molar-refractivity contribution in [2.24, 2.45) is 0 Å². The van der Waals surface area contributed by atoms with E-state index in [0.717, 1.165) is 68.9 Å². The third-order valence-corrected chi connectivity index (χ3v) is 7.38. The van der Waals surface area contributed by atoms with Gasteiger partial charge in [-0.2, -0.15) is 0 Å². The van der Waals surface area contributed by atoms with Crippen molar-refractivity contribution in [3.05, 3.63) is 59.8 Å². The highest BCUT2D eigenvalue weighted by molar-refractivity contribution is 5.94. The number of hydrogen-bond donors (Lipinski definition) is 2. The Hall–Kier alpha value is -3.22. The summed E-state index contributed by atoms with van der Waals surface area (Å²) in [7, 11) is 0. The summed E-state index contributed by atoms with van der Waals surface area (Å²) in [6.07, 6.45) is 10.9. The van der Waals surface area contributed by atoms with Crippen LogP contribution in [0.2, 0.25) is 0 Å². The zero-order valence-corrected chi connectivity index (χ0v) is 21.2. The van der Waals surface area contributed by atoms with Crippen LogP contribution in [0.1, 0.15) is 87.8 Å². The smallest absolute Gasteiger partial charge is 0.247 e. The van der Waals surface area contributed by atoms with E-state index in [1.165, 1.54) is 0 Å². The molecular formula is C29H38N4O3. The highest BCUT2D eigenvalue weighted by Crippen LogP contribution is 2.32. The van der Waals surface area contributed by atoms with E-state index in [9.17, 15) is 14.4 Å². The minimum atomic E-state index is -0.694. The Kier molecular flexibility index (Phi) is 9.09. The summed E-state index contributed by atoms with van der Waals surface area (Å²) in [6.45, 7) is 2.02. The van der Waals surface area contributed by atoms with Gasteiger partial charge in [0.15, 0.2) is 0 Å². The maximum Gasteiger partial charge on any atom is 0.247 e. The fourth-order valence-corrected chi connectivity index (χ4v) is 5.45. The first-order valence-electron chi connectivity index (χ1n) is 13.4. The van der Waals surface area contributed by atoms with Gasteiger partial charge in [-0.3, -0.25) is 14.4 Å². The fraction of sp³-hybridized carbons (Fsp3) is 0.517. The monoisotopic (exact) mass is 490 g/mol. The number of nitrogens with zero attached hydrogens (tertiary/aromatic N) is 2. The molecule has 2 aromatic rings. The SMILES string of the molecule is Cc1ccc(C(C(=O)NC2CCCC2)N(C(=O)CCC(=O)Nc2ccccn2)C2CCCCC2)cc1. The average Bonchev–Trinajstić information content (AvgIpc) is 3.40. The van der Waals surface area contributed by atoms with Gasteiger partial charge in [0.25, 0.3) is 0 Å². The Balaban J connectivity index is 1.55. The third-order valence-electron chi connectivity index (χ3n) is 7.38. The van der Waals surface area contributed by atoms with Gasteiger partial charge in [0.1, 0.15) is 11.9 Å². The molecule has 1 aromatic heterocycles. The quantitative estimate of drug-likeness (QED) is 0.513. The number of nitrogens with one attached hydrogen (secondary N) is 2. The molecule has 4 rings (SSSR count). The van der Waals surface area contributed by atoms with E-state index >= 15 is 0 Å². The van der Waals surface area contributed by atoms with Crippen molar-refractivity contribution in [2.45, 2.75) is 95.7 Å². The van der Waals surface area contributed by atoms with Gasteiger partial charge in [-0.15, -0.1) is 0 Å². The molecule has 1 atom stereocenters. The van der Waals surface area contributed by atoms with Crippen molar-refractivity contribution in [1.29, 1.82) is 0 Å². The van der Waals surface area contributed by atoms with Crippen molar-refractivity contribution in [3.63, 3.8) is 0 Å². The average molecular weight is 491 g/mol. The Labute approximate surface area is 214 Å². The molecule has 7 heteroatoms. The molecule has 0 bridgehead atoms. The van der Waals surface area contributed by atoms with Gasteiger partial charge < -0.3 is 15.5 Å². The second-order valence-electron chi connectivity index (χ2n) is 10.2. The Morgan fingerprint density at radius 3 is 2.28 bits per heavy atom. The standard InChI is InChI=1S/C29H38N4O3/c1-21-14-16-22(17-15-21)28(29(36)31-23-9-5-6-10-23)33(24-11-3-2-4-12-24)27(35)19-18-26(34)32-25-13-7-8-20-30-25/h7-8,13-17,20,23-24,28H,2-6,9-12,18-19H2,1H3,(H,31,36)(H,30,32,34). The molecule has 7 nitrogen and oxygen atoms in total. The van der Waals surface area contributed by atoms with Crippen LogP contribution in [0.15, 0.2) is 48.7 Å². The minimum Gasteiger partial charge on any atom is -0.351 e. The van der Waals surface area contributed by atoms with Crippen LogP contribution in [-0.2, 0) is 14.4 Å². The highest BCUT2D eigenvalue weighted by Gasteiger charge is 2.37. The summed E-state index contributed by atoms with van der Waals surface area (Å²) < 4.78 is 0. The van der Waals surface area contributed by atoms with Crippen molar-refractivity contribution in [2.75, 3.05) is 5.32 Å². The van der Waals surface area contributed by atoms with E-state index in [-0.39, 0.29) is 42.6 Å². The zero-order chi connectivity index (χ0) is 25.3. The summed E-state index contributed by atoms with van der Waals surface area (Å²) >= 11 is 0. The first kappa shape index (κ1) is 25.9. The molecule has 0 saturated heterocycles. The lowest BCUT2D eigenvalue weighted by atomic mass is 9.90. The second-order valence-corrected chi connectivity index (χ2v) is 10.2. The van der Waals surface area contributed by atoms with E-state index in [0.29, 0.717) is 5.82 Å². The van der Waals surface area contributed by atoms with Gasteiger partial charge in [-0.1, -0.05) is 68.0 Å². The molecule has 0 radical (unpaired) electrons. The molecule has 1 aromatic carbocycles. The molecule has 2 aliphatic carbocycles. The van der Waals surface area contributed by atoms with Crippen molar-refractivity contribution in [3.8, 4) is 0 Å². The number of benzene rings is 1. The molecule has 36 heavy (non-hydrogen) atoms. The lowest BCUT2D eigenvalue weighted by Gasteiger charge is -2.40. The van der Waals surface area contributed by atoms with Crippen LogP contribution in [0.25, 0.3) is 0 Å². The number of amides is 3. The molecule has 2 saturated carbocycles. The molecular weight excluding hydrogens is 452 g/mol. The van der Waals surface area contributed by atoms with Crippen molar-refractivity contribution >= 4 is 23.5 Å². The van der Waals surface area contributed by atoms with Crippen LogP contribution in [0.3, 0.4) is 0 Å². The lowest BCUT2D eigenvalue weighted by Crippen LogP contribution is -2.50. The van der Waals surface area contributed by atoms with E-state index < -0.39 is 6.04 Å². The Bertz CT molecular complexity index is 1010. The molecule has 2 N–H and O–H groups in total. The minimum absolute atomic E-state index is 0.00858. The number of aromatic nitrogens is 1. The first-order chi connectivity index (χ1) is 17.5. The molecule has 1 heterocycles. The van der Waals surface area contributed by atoms with E-state index in [4.69, 9.17) is 0 Å². The molecule has 3 amide bonds. The van der Waals surface area contributed by atoms with Gasteiger partial charge in [0, 0.05) is 31.1 Å². The fourth-order valence-electron chi connectivity index (χ4n) is 5.45. The van der Waals surface area contributed by atoms with Gasteiger partial charge in [0.2, 0.25) is 17.7 Å². The maximum atomic E-state index is 13.8. The van der Waals surface area contributed by atoms with Crippen molar-refractivity contribution < 1.29 is 14.4 Å². The molecule has 0 aliphatic heterocycles. The number of carbonyl (C=O) groups is 3. The number of carbonyl (C=O) groups excluding carboxylic acids is 3. The predicted molar refractivity (Wildman–Crippen MR) is 140 cm³/mol. The number of rotatable bonds is 9. The van der Waals surface area contributed by atoms with Gasteiger partial charge >= 0.3 is 0 Å². The number of pyridine rings is 1. The van der Waals surface area contributed by atoms with Crippen LogP contribution in [0.5, 0.6) is 0 Å². The number of hydrogen-bond acceptors (Lipinski definition) is 4. The normalized spacial score (nSPS) is 17.4. The number of aryl methyl sites for hydroxylation is 1. The van der Waals surface area contributed by atoms with Gasteiger partial charge in [-0.25, -0.2) is 4.98 Å². The summed E-state index contributed by atoms with van der Waals surface area (Å²) in [4.78, 5) is 46.0. The lowest BCUT2D eigenvalue weighted by molar-refractivity contribution is -0.145. The van der Waals surface area contributed by atoms with Crippen LogP contribution < -0.4 is 10.6 Å². The third kappa shape index (κ3) is 6.93. The summed E-state index contributed by atoms with van der Waals surface area (Å²) in [6, 6.07) is 12.7. The highest BCUT2D eigenvalue weighted by atomic mass is 16.2. The predicted octanol–water partition coefficient (Wildman–Crippen LogP) is 5.07. The van der Waals surface area contributed by atoms with Gasteiger partial charge in [-0.05, 0) is 50.3 Å². The Morgan fingerprint density at radius 1 is 0.917 bits per heavy atom. The molecule has 2 fully saturated rings. The Morgan fingerprint density at radius 2 is 1.61 bits per heavy atom. The summed E-state index contributed by atoms with van der Waals surface area (Å²) in [5.74, 6) is -0.0478. The van der Waals surface area contributed by atoms with E-state index in [2.05, 4.69) is 15.6 Å². The molecule has 0 spiro atoms. The van der Waals surface area contributed by atoms with Crippen LogP contribution in [0.4, 0.5) is 5.82 Å². The first-order valence-corrected chi connectivity index (χ1v) is 13.4. The largest absolute Gasteiger partial charge is 0.351 e. The zero-order valence-electron chi connectivity index (χ0n) is 21.2. The molecule has 1 unspecified atom stereocenters. The second kappa shape index (κ2) is 12.7. The molecule has 2 aliphatic rings. The number of anilines is 1. The van der Waals surface area contributed by atoms with Crippen LogP contribution in [0, 0.1) is 6.92 Å². The topological polar surface area (TPSA) is 91.4 Å². The van der Waals surface area contributed by atoms with Gasteiger partial charge in [0.05, 0.1) is 0 Å². The summed E-state index contributed by atoms with van der Waals surface area (Å²) in [5, 5.41) is 6.00. The van der Waals surface area contributed by atoms with E-state index in [1.54, 1.807) is 24.4 Å². The molecule has 192 valence electrons. The summed E-state index contributed by atoms with van der Waals surface area (Å²) in [5.41, 5.74) is 1.93. The van der Waals surface area contributed by atoms with Crippen LogP contribution in [-0.4, -0.2) is 39.7 Å². The van der Waals surface area contributed by atoms with E-state index in [1.807, 2.05) is 36.1 Å². The van der Waals surface area contributed by atoms with Crippen molar-refractivity contribution in [1.82, 2.24) is 15.2 Å².